The van der Waals surface area contributed by atoms with Crippen LogP contribution in [0.25, 0.3) is 10.9 Å². The lowest BCUT2D eigenvalue weighted by atomic mass is 9.85. The summed E-state index contributed by atoms with van der Waals surface area (Å²) in [5.74, 6) is 1.40. The second kappa shape index (κ2) is 13.8. The van der Waals surface area contributed by atoms with Gasteiger partial charge in [-0.25, -0.2) is 0 Å². The van der Waals surface area contributed by atoms with E-state index in [1.807, 2.05) is 62.5 Å². The SMILES string of the molecule is Cc1cccc(CNC(=O)c2cn(CCCN3C4CC[C@H]3CC(CC(=O)c3ccc(Cl)cc3)C4)c3c(OC(C)C)cccc23)c1. The summed E-state index contributed by atoms with van der Waals surface area (Å²) in [7, 11) is 0. The Bertz CT molecular complexity index is 1650. The maximum Gasteiger partial charge on any atom is 0.253 e. The fourth-order valence-corrected chi connectivity index (χ4v) is 7.62. The number of Topliss-reactive ketones (excluding diaryl/α,β-unsaturated/α-hetero) is 1. The van der Waals surface area contributed by atoms with E-state index in [9.17, 15) is 9.59 Å². The number of nitrogens with one attached hydrogen (secondary N) is 1. The van der Waals surface area contributed by atoms with Gasteiger partial charge in [-0.15, -0.1) is 0 Å². The third-order valence-corrected chi connectivity index (χ3v) is 9.69. The van der Waals surface area contributed by atoms with Gasteiger partial charge >= 0.3 is 0 Å². The number of piperidine rings is 1. The van der Waals surface area contributed by atoms with Gasteiger partial charge in [0.1, 0.15) is 5.75 Å². The molecule has 3 heterocycles. The van der Waals surface area contributed by atoms with E-state index in [2.05, 4.69) is 33.8 Å². The molecule has 3 aromatic carbocycles. The van der Waals surface area contributed by atoms with Crippen molar-refractivity contribution in [2.75, 3.05) is 6.54 Å². The predicted octanol–water partition coefficient (Wildman–Crippen LogP) is 8.23. The quantitative estimate of drug-likeness (QED) is 0.161. The molecular weight excluding hydrogens is 582 g/mol. The molecule has 236 valence electrons. The van der Waals surface area contributed by atoms with Gasteiger partial charge in [0.05, 0.1) is 17.2 Å². The topological polar surface area (TPSA) is 63.6 Å². The Hall–Kier alpha value is -3.61. The fraction of sp³-hybridized carbons (Fsp3) is 0.421. The van der Waals surface area contributed by atoms with E-state index < -0.39 is 0 Å². The number of carbonyl (C=O) groups is 2. The molecular formula is C38H44ClN3O3. The van der Waals surface area contributed by atoms with Crippen LogP contribution in [0.15, 0.2) is 72.9 Å². The molecule has 6 rings (SSSR count). The lowest BCUT2D eigenvalue weighted by Crippen LogP contribution is -2.43. The lowest BCUT2D eigenvalue weighted by Gasteiger charge is -2.39. The van der Waals surface area contributed by atoms with E-state index in [4.69, 9.17) is 16.3 Å². The normalized spacial score (nSPS) is 19.7. The van der Waals surface area contributed by atoms with Crippen LogP contribution in [0.3, 0.4) is 0 Å². The number of amides is 1. The molecule has 3 atom stereocenters. The van der Waals surface area contributed by atoms with Crippen molar-refractivity contribution in [3.8, 4) is 5.75 Å². The first-order valence-corrected chi connectivity index (χ1v) is 16.8. The largest absolute Gasteiger partial charge is 0.489 e. The molecule has 2 saturated heterocycles. The first kappa shape index (κ1) is 31.4. The summed E-state index contributed by atoms with van der Waals surface area (Å²) in [6.07, 6.45) is 8.21. The number of aromatic nitrogens is 1. The number of aryl methyl sites for hydroxylation is 2. The van der Waals surface area contributed by atoms with Crippen LogP contribution in [0, 0.1) is 12.8 Å². The minimum atomic E-state index is -0.0739. The van der Waals surface area contributed by atoms with E-state index in [0.29, 0.717) is 41.6 Å². The monoisotopic (exact) mass is 625 g/mol. The highest BCUT2D eigenvalue weighted by Gasteiger charge is 2.40. The molecule has 45 heavy (non-hydrogen) atoms. The van der Waals surface area contributed by atoms with Crippen LogP contribution < -0.4 is 10.1 Å². The van der Waals surface area contributed by atoms with Crippen LogP contribution in [0.4, 0.5) is 0 Å². The number of hydrogen-bond acceptors (Lipinski definition) is 4. The van der Waals surface area contributed by atoms with E-state index in [1.54, 1.807) is 12.1 Å². The van der Waals surface area contributed by atoms with E-state index in [0.717, 1.165) is 60.1 Å². The smallest absolute Gasteiger partial charge is 0.253 e. The van der Waals surface area contributed by atoms with Crippen molar-refractivity contribution in [3.05, 3.63) is 100 Å². The van der Waals surface area contributed by atoms with E-state index >= 15 is 0 Å². The number of ketones is 1. The first-order valence-electron chi connectivity index (χ1n) is 16.4. The second-order valence-corrected chi connectivity index (χ2v) is 13.6. The summed E-state index contributed by atoms with van der Waals surface area (Å²) in [4.78, 5) is 29.1. The molecule has 2 unspecified atom stereocenters. The molecule has 2 aliphatic heterocycles. The summed E-state index contributed by atoms with van der Waals surface area (Å²) in [6.45, 7) is 8.42. The van der Waals surface area contributed by atoms with E-state index in [1.165, 1.54) is 18.4 Å². The van der Waals surface area contributed by atoms with Crippen molar-refractivity contribution in [1.29, 1.82) is 0 Å². The minimum absolute atomic E-state index is 0.0287. The summed E-state index contributed by atoms with van der Waals surface area (Å²) >= 11 is 6.02. The zero-order valence-corrected chi connectivity index (χ0v) is 27.4. The molecule has 7 heteroatoms. The Morgan fingerprint density at radius 2 is 1.71 bits per heavy atom. The van der Waals surface area contributed by atoms with Crippen molar-refractivity contribution >= 4 is 34.2 Å². The third-order valence-electron chi connectivity index (χ3n) is 9.44. The second-order valence-electron chi connectivity index (χ2n) is 13.2. The average Bonchev–Trinajstić information content (AvgIpc) is 3.50. The van der Waals surface area contributed by atoms with Crippen LogP contribution in [-0.4, -0.2) is 45.9 Å². The molecule has 4 aromatic rings. The third kappa shape index (κ3) is 7.29. The van der Waals surface area contributed by atoms with Crippen molar-refractivity contribution in [3.63, 3.8) is 0 Å². The minimum Gasteiger partial charge on any atom is -0.489 e. The number of nitrogens with zero attached hydrogens (tertiary/aromatic N) is 2. The van der Waals surface area contributed by atoms with Gasteiger partial charge < -0.3 is 14.6 Å². The highest BCUT2D eigenvalue weighted by atomic mass is 35.5. The van der Waals surface area contributed by atoms with Crippen LogP contribution in [0.1, 0.15) is 84.2 Å². The van der Waals surface area contributed by atoms with E-state index in [-0.39, 0.29) is 17.8 Å². The number of rotatable bonds is 12. The van der Waals surface area contributed by atoms with Crippen molar-refractivity contribution in [2.24, 2.45) is 5.92 Å². The highest BCUT2D eigenvalue weighted by molar-refractivity contribution is 6.30. The molecule has 1 N–H and O–H groups in total. The number of ether oxygens (including phenoxy) is 1. The van der Waals surface area contributed by atoms with Crippen LogP contribution >= 0.6 is 11.6 Å². The summed E-state index contributed by atoms with van der Waals surface area (Å²) in [6, 6.07) is 22.6. The standard InChI is InChI=1S/C38H44ClN3O3/c1-25(2)45-36-10-5-9-33-34(38(44)40-23-27-8-4-7-26(3)19-27)24-41(37(33)36)17-6-18-42-31-15-16-32(42)21-28(20-31)22-35(43)29-11-13-30(39)14-12-29/h4-5,7-14,19,24-25,28,31-32H,6,15-18,20-23H2,1-3H3,(H,40,44)/t28?,31-,32?/m0/s1. The van der Waals surface area contributed by atoms with Gasteiger partial charge in [0.25, 0.3) is 5.91 Å². The van der Waals surface area contributed by atoms with Gasteiger partial charge in [-0.05, 0) is 94.7 Å². The molecule has 1 aromatic heterocycles. The number of hydrogen-bond donors (Lipinski definition) is 1. The van der Waals surface area contributed by atoms with Gasteiger partial charge in [0.2, 0.25) is 0 Å². The van der Waals surface area contributed by atoms with Crippen molar-refractivity contribution in [1.82, 2.24) is 14.8 Å². The zero-order chi connectivity index (χ0) is 31.5. The molecule has 0 saturated carbocycles. The Labute approximate surface area is 271 Å². The predicted molar refractivity (Wildman–Crippen MR) is 181 cm³/mol. The molecule has 2 bridgehead atoms. The Balaban J connectivity index is 1.12. The Morgan fingerprint density at radius 3 is 2.42 bits per heavy atom. The van der Waals surface area contributed by atoms with Gasteiger partial charge in [0.15, 0.2) is 5.78 Å². The molecule has 2 aliphatic rings. The number of benzene rings is 3. The summed E-state index contributed by atoms with van der Waals surface area (Å²) in [5.41, 5.74) is 4.69. The summed E-state index contributed by atoms with van der Waals surface area (Å²) in [5, 5.41) is 4.71. The molecule has 0 radical (unpaired) electrons. The van der Waals surface area contributed by atoms with Crippen molar-refractivity contribution in [2.45, 2.75) is 90.6 Å². The molecule has 0 spiro atoms. The number of para-hydroxylation sites is 1. The highest BCUT2D eigenvalue weighted by Crippen LogP contribution is 2.40. The molecule has 1 amide bonds. The Kier molecular flexibility index (Phi) is 9.62. The van der Waals surface area contributed by atoms with Crippen molar-refractivity contribution < 1.29 is 14.3 Å². The average molecular weight is 626 g/mol. The van der Waals surface area contributed by atoms with Crippen LogP contribution in [0.5, 0.6) is 5.75 Å². The number of halogens is 1. The maximum atomic E-state index is 13.5. The summed E-state index contributed by atoms with van der Waals surface area (Å²) < 4.78 is 8.44. The lowest BCUT2D eigenvalue weighted by molar-refractivity contribution is 0.0807. The Morgan fingerprint density at radius 1 is 0.978 bits per heavy atom. The van der Waals surface area contributed by atoms with Crippen LogP contribution in [-0.2, 0) is 13.1 Å². The van der Waals surface area contributed by atoms with Gasteiger partial charge in [-0.3, -0.25) is 14.5 Å². The van der Waals surface area contributed by atoms with Gasteiger partial charge in [-0.1, -0.05) is 53.6 Å². The molecule has 0 aliphatic carbocycles. The van der Waals surface area contributed by atoms with Gasteiger partial charge in [-0.2, -0.15) is 0 Å². The fourth-order valence-electron chi connectivity index (χ4n) is 7.49. The first-order chi connectivity index (χ1) is 21.7. The molecule has 2 fully saturated rings. The number of carbonyl (C=O) groups excluding carboxylic acids is 2. The zero-order valence-electron chi connectivity index (χ0n) is 26.6. The molecule has 6 nitrogen and oxygen atoms in total. The van der Waals surface area contributed by atoms with Gasteiger partial charge in [0, 0.05) is 60.3 Å². The van der Waals surface area contributed by atoms with Crippen LogP contribution in [0.2, 0.25) is 5.02 Å². The maximum absolute atomic E-state index is 13.5. The number of fused-ring (bicyclic) bond motifs is 3.